The average molecular weight is 548 g/mol. The molecule has 3 heterocycles. The van der Waals surface area contributed by atoms with Gasteiger partial charge >= 0.3 is 0 Å². The van der Waals surface area contributed by atoms with Gasteiger partial charge in [-0.25, -0.2) is 18.1 Å². The number of aromatic nitrogens is 3. The minimum Gasteiger partial charge on any atom is -0.473 e. The maximum Gasteiger partial charge on any atom is 0.268 e. The van der Waals surface area contributed by atoms with E-state index in [0.717, 1.165) is 30.6 Å². The zero-order valence-corrected chi connectivity index (χ0v) is 21.8. The van der Waals surface area contributed by atoms with Gasteiger partial charge in [-0.1, -0.05) is 18.2 Å². The van der Waals surface area contributed by atoms with Crippen molar-refractivity contribution in [1.29, 1.82) is 5.26 Å². The SMILES string of the molecule is CC(Oc1ncc(S(=O)(=O)NC(=O)c2ccccc2Oc2cccc3[nH]ncc23)cc1C#N)C1CCOCC1. The summed E-state index contributed by atoms with van der Waals surface area (Å²) in [6, 6.07) is 14.6. The van der Waals surface area contributed by atoms with E-state index in [1.807, 2.05) is 23.8 Å². The summed E-state index contributed by atoms with van der Waals surface area (Å²) in [5.41, 5.74) is 0.689. The Morgan fingerprint density at radius 3 is 2.72 bits per heavy atom. The van der Waals surface area contributed by atoms with E-state index in [0.29, 0.717) is 24.3 Å². The van der Waals surface area contributed by atoms with Crippen LogP contribution in [0.1, 0.15) is 35.7 Å². The van der Waals surface area contributed by atoms with Crippen LogP contribution in [0, 0.1) is 17.2 Å². The molecule has 2 aromatic carbocycles. The molecule has 0 spiro atoms. The van der Waals surface area contributed by atoms with E-state index >= 15 is 0 Å². The Morgan fingerprint density at radius 2 is 1.92 bits per heavy atom. The molecule has 12 heteroatoms. The van der Waals surface area contributed by atoms with E-state index < -0.39 is 15.9 Å². The van der Waals surface area contributed by atoms with Gasteiger partial charge < -0.3 is 14.2 Å². The number of rotatable bonds is 8. The van der Waals surface area contributed by atoms with Gasteiger partial charge in [-0.2, -0.15) is 10.4 Å². The molecule has 1 aliphatic rings. The fourth-order valence-corrected chi connectivity index (χ4v) is 5.28. The van der Waals surface area contributed by atoms with Crippen molar-refractivity contribution in [2.24, 2.45) is 5.92 Å². The number of carbonyl (C=O) groups excluding carboxylic acids is 1. The minimum absolute atomic E-state index is 0.000258. The van der Waals surface area contributed by atoms with Crippen molar-refractivity contribution in [3.05, 3.63) is 72.1 Å². The summed E-state index contributed by atoms with van der Waals surface area (Å²) < 4.78 is 45.5. The van der Waals surface area contributed by atoms with Gasteiger partial charge in [0.25, 0.3) is 15.9 Å². The maximum absolute atomic E-state index is 13.1. The second-order valence-electron chi connectivity index (χ2n) is 9.03. The van der Waals surface area contributed by atoms with Crippen LogP contribution in [-0.2, 0) is 14.8 Å². The number of benzene rings is 2. The topological polar surface area (TPSA) is 156 Å². The van der Waals surface area contributed by atoms with Crippen LogP contribution < -0.4 is 14.2 Å². The molecule has 0 radical (unpaired) electrons. The maximum atomic E-state index is 13.1. The molecule has 2 aromatic heterocycles. The smallest absolute Gasteiger partial charge is 0.268 e. The quantitative estimate of drug-likeness (QED) is 0.333. The van der Waals surface area contributed by atoms with Crippen molar-refractivity contribution >= 4 is 26.8 Å². The van der Waals surface area contributed by atoms with Crippen molar-refractivity contribution in [2.45, 2.75) is 30.8 Å². The molecule has 1 saturated heterocycles. The normalized spacial score (nSPS) is 14.9. The van der Waals surface area contributed by atoms with Crippen LogP contribution in [0.15, 0.2) is 65.8 Å². The molecule has 4 aromatic rings. The van der Waals surface area contributed by atoms with Crippen molar-refractivity contribution in [3.63, 3.8) is 0 Å². The van der Waals surface area contributed by atoms with Crippen LogP contribution in [0.3, 0.4) is 0 Å². The van der Waals surface area contributed by atoms with Crippen LogP contribution in [0.25, 0.3) is 10.9 Å². The summed E-state index contributed by atoms with van der Waals surface area (Å²) in [6.07, 6.45) is 4.06. The summed E-state index contributed by atoms with van der Waals surface area (Å²) in [4.78, 5) is 16.8. The molecule has 0 aliphatic carbocycles. The molecule has 1 unspecified atom stereocenters. The average Bonchev–Trinajstić information content (AvgIpc) is 3.44. The first-order chi connectivity index (χ1) is 18.9. The van der Waals surface area contributed by atoms with Crippen molar-refractivity contribution in [3.8, 4) is 23.4 Å². The number of sulfonamides is 1. The number of para-hydroxylation sites is 1. The van der Waals surface area contributed by atoms with Gasteiger partial charge in [-0.3, -0.25) is 9.89 Å². The standard InChI is InChI=1S/C27H25N5O6S/c1-17(18-9-11-36-12-10-18)37-27-19(14-28)13-20(15-29-27)39(34,35)32-26(33)21-5-2-3-7-24(21)38-25-8-4-6-23-22(25)16-30-31-23/h2-8,13,15-18H,9-12H2,1H3,(H,30,31)(H,32,33). The molecule has 1 amide bonds. The molecule has 1 fully saturated rings. The third kappa shape index (κ3) is 5.69. The zero-order chi connectivity index (χ0) is 27.4. The molecule has 39 heavy (non-hydrogen) atoms. The number of carbonyl (C=O) groups is 1. The largest absolute Gasteiger partial charge is 0.473 e. The number of nitriles is 1. The molecule has 1 aliphatic heterocycles. The highest BCUT2D eigenvalue weighted by Gasteiger charge is 2.26. The van der Waals surface area contributed by atoms with Crippen LogP contribution in [0.4, 0.5) is 0 Å². The van der Waals surface area contributed by atoms with Crippen LogP contribution in [0.5, 0.6) is 17.4 Å². The monoisotopic (exact) mass is 547 g/mol. The first kappa shape index (κ1) is 26.1. The number of H-pyrrole nitrogens is 1. The number of hydrogen-bond acceptors (Lipinski definition) is 9. The molecule has 2 N–H and O–H groups in total. The van der Waals surface area contributed by atoms with E-state index in [1.54, 1.807) is 36.5 Å². The first-order valence-corrected chi connectivity index (χ1v) is 13.7. The lowest BCUT2D eigenvalue weighted by Crippen LogP contribution is -2.31. The minimum atomic E-state index is -4.38. The van der Waals surface area contributed by atoms with Gasteiger partial charge in [0.1, 0.15) is 34.1 Å². The second kappa shape index (κ2) is 11.1. The van der Waals surface area contributed by atoms with Crippen LogP contribution in [-0.4, -0.2) is 48.8 Å². The lowest BCUT2D eigenvalue weighted by Gasteiger charge is -2.28. The number of amides is 1. The highest BCUT2D eigenvalue weighted by atomic mass is 32.2. The zero-order valence-electron chi connectivity index (χ0n) is 21.0. The van der Waals surface area contributed by atoms with Gasteiger partial charge in [-0.05, 0) is 56.0 Å². The molecule has 0 bridgehead atoms. The summed E-state index contributed by atoms with van der Waals surface area (Å²) in [5, 5.41) is 17.2. The molecule has 11 nitrogen and oxygen atoms in total. The van der Waals surface area contributed by atoms with Gasteiger partial charge in [-0.15, -0.1) is 0 Å². The van der Waals surface area contributed by atoms with Crippen molar-refractivity contribution < 1.29 is 27.4 Å². The van der Waals surface area contributed by atoms with E-state index in [1.165, 1.54) is 6.07 Å². The molecular weight excluding hydrogens is 522 g/mol. The van der Waals surface area contributed by atoms with E-state index in [2.05, 4.69) is 15.2 Å². The third-order valence-electron chi connectivity index (χ3n) is 6.51. The number of nitrogens with zero attached hydrogens (tertiary/aromatic N) is 3. The Hall–Kier alpha value is -4.47. The fourth-order valence-electron chi connectivity index (χ4n) is 4.34. The second-order valence-corrected chi connectivity index (χ2v) is 10.7. The number of fused-ring (bicyclic) bond motifs is 1. The van der Waals surface area contributed by atoms with E-state index in [9.17, 15) is 18.5 Å². The molecule has 1 atom stereocenters. The number of hydrogen-bond donors (Lipinski definition) is 2. The number of ether oxygens (including phenoxy) is 3. The summed E-state index contributed by atoms with van der Waals surface area (Å²) in [5.74, 6) is -0.0400. The molecule has 5 rings (SSSR count). The highest BCUT2D eigenvalue weighted by molar-refractivity contribution is 7.90. The Bertz CT molecular complexity index is 1660. The van der Waals surface area contributed by atoms with Crippen LogP contribution >= 0.6 is 0 Å². The third-order valence-corrected chi connectivity index (χ3v) is 7.81. The predicted molar refractivity (Wildman–Crippen MR) is 140 cm³/mol. The van der Waals surface area contributed by atoms with Gasteiger partial charge in [0.05, 0.1) is 28.9 Å². The van der Waals surface area contributed by atoms with Gasteiger partial charge in [0, 0.05) is 13.2 Å². The summed E-state index contributed by atoms with van der Waals surface area (Å²) >= 11 is 0. The fraction of sp³-hybridized carbons (Fsp3) is 0.259. The first-order valence-electron chi connectivity index (χ1n) is 12.3. The van der Waals surface area contributed by atoms with Crippen molar-refractivity contribution in [1.82, 2.24) is 19.9 Å². The van der Waals surface area contributed by atoms with E-state index in [-0.39, 0.29) is 39.7 Å². The number of aromatic amines is 1. The van der Waals surface area contributed by atoms with Gasteiger partial charge in [0.2, 0.25) is 5.88 Å². The van der Waals surface area contributed by atoms with Gasteiger partial charge in [0.15, 0.2) is 0 Å². The number of nitrogens with one attached hydrogen (secondary N) is 2. The Balaban J connectivity index is 1.34. The lowest BCUT2D eigenvalue weighted by molar-refractivity contribution is 0.0224. The predicted octanol–water partition coefficient (Wildman–Crippen LogP) is 3.93. The summed E-state index contributed by atoms with van der Waals surface area (Å²) in [6.45, 7) is 3.16. The Kier molecular flexibility index (Phi) is 7.44. The highest BCUT2D eigenvalue weighted by Crippen LogP contribution is 2.31. The molecular formula is C27H25N5O6S. The van der Waals surface area contributed by atoms with E-state index in [4.69, 9.17) is 14.2 Å². The molecule has 200 valence electrons. The molecule has 0 saturated carbocycles. The lowest BCUT2D eigenvalue weighted by atomic mass is 9.95. The van der Waals surface area contributed by atoms with Crippen molar-refractivity contribution in [2.75, 3.05) is 13.2 Å². The summed E-state index contributed by atoms with van der Waals surface area (Å²) in [7, 11) is -4.38. The Labute approximate surface area is 224 Å². The Morgan fingerprint density at radius 1 is 1.15 bits per heavy atom. The number of pyridine rings is 1. The van der Waals surface area contributed by atoms with Crippen LogP contribution in [0.2, 0.25) is 0 Å².